The van der Waals surface area contributed by atoms with Crippen molar-refractivity contribution < 1.29 is 5.11 Å². The molecule has 2 rings (SSSR count). The SMILES string of the molecule is CCCC[C@](O)(c1ccccc1)[C@@H](C)N1CCCC1. The van der Waals surface area contributed by atoms with Crippen LogP contribution in [-0.2, 0) is 5.60 Å². The first-order chi connectivity index (χ1) is 9.18. The Morgan fingerprint density at radius 2 is 1.84 bits per heavy atom. The zero-order valence-corrected chi connectivity index (χ0v) is 12.3. The van der Waals surface area contributed by atoms with Gasteiger partial charge >= 0.3 is 0 Å². The van der Waals surface area contributed by atoms with E-state index in [1.807, 2.05) is 18.2 Å². The van der Waals surface area contributed by atoms with Crippen LogP contribution in [0.4, 0.5) is 0 Å². The molecule has 1 heterocycles. The Balaban J connectivity index is 2.22. The minimum atomic E-state index is -0.707. The third-order valence-corrected chi connectivity index (χ3v) is 4.56. The predicted molar refractivity (Wildman–Crippen MR) is 80.1 cm³/mol. The van der Waals surface area contributed by atoms with Gasteiger partial charge in [0.05, 0.1) is 0 Å². The van der Waals surface area contributed by atoms with E-state index in [2.05, 4.69) is 30.9 Å². The lowest BCUT2D eigenvalue weighted by molar-refractivity contribution is -0.0478. The third-order valence-electron chi connectivity index (χ3n) is 4.56. The number of hydrogen-bond donors (Lipinski definition) is 1. The van der Waals surface area contributed by atoms with E-state index in [0.29, 0.717) is 0 Å². The second-order valence-corrected chi connectivity index (χ2v) is 5.81. The molecule has 1 aromatic rings. The molecule has 1 N–H and O–H groups in total. The zero-order chi connectivity index (χ0) is 13.7. The van der Waals surface area contributed by atoms with E-state index >= 15 is 0 Å². The van der Waals surface area contributed by atoms with E-state index in [0.717, 1.165) is 37.9 Å². The lowest BCUT2D eigenvalue weighted by Crippen LogP contribution is -2.48. The summed E-state index contributed by atoms with van der Waals surface area (Å²) in [5.74, 6) is 0. The Morgan fingerprint density at radius 3 is 2.42 bits per heavy atom. The summed E-state index contributed by atoms with van der Waals surface area (Å²) < 4.78 is 0. The van der Waals surface area contributed by atoms with Crippen LogP contribution in [0.2, 0.25) is 0 Å². The van der Waals surface area contributed by atoms with Crippen LogP contribution in [0.15, 0.2) is 30.3 Å². The van der Waals surface area contributed by atoms with Crippen molar-refractivity contribution in [3.8, 4) is 0 Å². The highest BCUT2D eigenvalue weighted by Gasteiger charge is 2.38. The average molecular weight is 261 g/mol. The van der Waals surface area contributed by atoms with Crippen LogP contribution in [0, 0.1) is 0 Å². The molecule has 1 fully saturated rings. The van der Waals surface area contributed by atoms with Gasteiger partial charge in [-0.05, 0) is 44.8 Å². The summed E-state index contributed by atoms with van der Waals surface area (Å²) in [6.45, 7) is 6.63. The molecule has 0 aromatic heterocycles. The van der Waals surface area contributed by atoms with Crippen LogP contribution in [0.1, 0.15) is 51.5 Å². The number of hydrogen-bond acceptors (Lipinski definition) is 2. The van der Waals surface area contributed by atoms with Gasteiger partial charge in [-0.1, -0.05) is 50.1 Å². The summed E-state index contributed by atoms with van der Waals surface area (Å²) in [6, 6.07) is 10.4. The van der Waals surface area contributed by atoms with Crippen molar-refractivity contribution in [3.05, 3.63) is 35.9 Å². The summed E-state index contributed by atoms with van der Waals surface area (Å²) >= 11 is 0. The quantitative estimate of drug-likeness (QED) is 0.846. The third kappa shape index (κ3) is 3.18. The Labute approximate surface area is 117 Å². The molecule has 19 heavy (non-hydrogen) atoms. The number of unbranched alkanes of at least 4 members (excludes halogenated alkanes) is 1. The highest BCUT2D eigenvalue weighted by Crippen LogP contribution is 2.34. The fourth-order valence-corrected chi connectivity index (χ4v) is 3.20. The van der Waals surface area contributed by atoms with Gasteiger partial charge in [0.1, 0.15) is 5.60 Å². The van der Waals surface area contributed by atoms with Crippen LogP contribution in [0.3, 0.4) is 0 Å². The van der Waals surface area contributed by atoms with Crippen LogP contribution in [-0.4, -0.2) is 29.1 Å². The number of rotatable bonds is 6. The molecule has 0 bridgehead atoms. The van der Waals surface area contributed by atoms with Crippen LogP contribution in [0.25, 0.3) is 0 Å². The van der Waals surface area contributed by atoms with Gasteiger partial charge in [0.2, 0.25) is 0 Å². The van der Waals surface area contributed by atoms with Crippen molar-refractivity contribution in [2.45, 2.75) is 57.6 Å². The molecule has 2 heteroatoms. The molecule has 0 aliphatic carbocycles. The summed E-state index contributed by atoms with van der Waals surface area (Å²) in [4.78, 5) is 2.45. The monoisotopic (exact) mass is 261 g/mol. The minimum absolute atomic E-state index is 0.198. The summed E-state index contributed by atoms with van der Waals surface area (Å²) in [5, 5.41) is 11.3. The van der Waals surface area contributed by atoms with Crippen LogP contribution < -0.4 is 0 Å². The van der Waals surface area contributed by atoms with E-state index in [1.54, 1.807) is 0 Å². The standard InChI is InChI=1S/C17H27NO/c1-3-4-12-17(19,16-10-6-5-7-11-16)15(2)18-13-8-9-14-18/h5-7,10-11,15,19H,3-4,8-9,12-14H2,1-2H3/t15-,17-/m1/s1. The summed E-state index contributed by atoms with van der Waals surface area (Å²) in [5.41, 5.74) is 0.365. The smallest absolute Gasteiger partial charge is 0.105 e. The van der Waals surface area contributed by atoms with Crippen molar-refractivity contribution in [1.29, 1.82) is 0 Å². The average Bonchev–Trinajstić information content (AvgIpc) is 2.99. The van der Waals surface area contributed by atoms with Gasteiger partial charge in [0.25, 0.3) is 0 Å². The topological polar surface area (TPSA) is 23.5 Å². The second-order valence-electron chi connectivity index (χ2n) is 5.81. The number of likely N-dealkylation sites (tertiary alicyclic amines) is 1. The summed E-state index contributed by atoms with van der Waals surface area (Å²) in [6.07, 6.45) is 5.59. The molecule has 2 atom stereocenters. The maximum atomic E-state index is 11.3. The van der Waals surface area contributed by atoms with Crippen LogP contribution >= 0.6 is 0 Å². The normalized spacial score (nSPS) is 21.2. The predicted octanol–water partition coefficient (Wildman–Crippen LogP) is 3.55. The van der Waals surface area contributed by atoms with Gasteiger partial charge < -0.3 is 5.11 Å². The Morgan fingerprint density at radius 1 is 1.21 bits per heavy atom. The van der Waals surface area contributed by atoms with E-state index in [1.165, 1.54) is 12.8 Å². The Bertz CT molecular complexity index is 372. The molecule has 106 valence electrons. The van der Waals surface area contributed by atoms with E-state index < -0.39 is 5.60 Å². The molecule has 1 saturated heterocycles. The fraction of sp³-hybridized carbons (Fsp3) is 0.647. The number of benzene rings is 1. The molecule has 1 aromatic carbocycles. The first kappa shape index (κ1) is 14.5. The largest absolute Gasteiger partial charge is 0.384 e. The first-order valence-electron chi connectivity index (χ1n) is 7.70. The molecule has 0 unspecified atom stereocenters. The van der Waals surface area contributed by atoms with E-state index in [9.17, 15) is 5.11 Å². The zero-order valence-electron chi connectivity index (χ0n) is 12.3. The first-order valence-corrected chi connectivity index (χ1v) is 7.70. The maximum Gasteiger partial charge on any atom is 0.105 e. The van der Waals surface area contributed by atoms with Crippen molar-refractivity contribution in [3.63, 3.8) is 0 Å². The van der Waals surface area contributed by atoms with E-state index in [4.69, 9.17) is 0 Å². The fourth-order valence-electron chi connectivity index (χ4n) is 3.20. The van der Waals surface area contributed by atoms with E-state index in [-0.39, 0.29) is 6.04 Å². The molecule has 1 aliphatic heterocycles. The van der Waals surface area contributed by atoms with Crippen LogP contribution in [0.5, 0.6) is 0 Å². The molecule has 1 aliphatic rings. The highest BCUT2D eigenvalue weighted by atomic mass is 16.3. The van der Waals surface area contributed by atoms with Crippen molar-refractivity contribution in [2.75, 3.05) is 13.1 Å². The van der Waals surface area contributed by atoms with Gasteiger partial charge in [-0.3, -0.25) is 4.90 Å². The number of nitrogens with zero attached hydrogens (tertiary/aromatic N) is 1. The van der Waals surface area contributed by atoms with Gasteiger partial charge in [-0.25, -0.2) is 0 Å². The number of aliphatic hydroxyl groups is 1. The maximum absolute atomic E-state index is 11.3. The lowest BCUT2D eigenvalue weighted by atomic mass is 9.82. The Kier molecular flexibility index (Phi) is 5.00. The molecule has 0 amide bonds. The minimum Gasteiger partial charge on any atom is -0.384 e. The van der Waals surface area contributed by atoms with Crippen molar-refractivity contribution >= 4 is 0 Å². The molecule has 0 radical (unpaired) electrons. The molecular formula is C17H27NO. The van der Waals surface area contributed by atoms with Gasteiger partial charge in [-0.15, -0.1) is 0 Å². The van der Waals surface area contributed by atoms with Gasteiger partial charge in [0.15, 0.2) is 0 Å². The van der Waals surface area contributed by atoms with Gasteiger partial charge in [0, 0.05) is 6.04 Å². The molecular weight excluding hydrogens is 234 g/mol. The molecule has 0 saturated carbocycles. The van der Waals surface area contributed by atoms with Crippen molar-refractivity contribution in [2.24, 2.45) is 0 Å². The molecule has 2 nitrogen and oxygen atoms in total. The molecule has 0 spiro atoms. The summed E-state index contributed by atoms with van der Waals surface area (Å²) in [7, 11) is 0. The van der Waals surface area contributed by atoms with Gasteiger partial charge in [-0.2, -0.15) is 0 Å². The van der Waals surface area contributed by atoms with Crippen molar-refractivity contribution in [1.82, 2.24) is 4.90 Å². The highest BCUT2D eigenvalue weighted by molar-refractivity contribution is 5.24. The lowest BCUT2D eigenvalue weighted by Gasteiger charge is -2.40. The Hall–Kier alpha value is -0.860. The second kappa shape index (κ2) is 6.53.